The second-order valence-corrected chi connectivity index (χ2v) is 7.57. The van der Waals surface area contributed by atoms with Crippen molar-refractivity contribution in [2.45, 2.75) is 20.8 Å². The number of ether oxygens (including phenoxy) is 2. The zero-order valence-corrected chi connectivity index (χ0v) is 18.8. The van der Waals surface area contributed by atoms with Gasteiger partial charge in [0.25, 0.3) is 0 Å². The molecule has 33 heavy (non-hydrogen) atoms. The predicted octanol–water partition coefficient (Wildman–Crippen LogP) is 4.54. The van der Waals surface area contributed by atoms with Gasteiger partial charge in [0.15, 0.2) is 11.6 Å². The number of nitrogens with zero attached hydrogens (tertiary/aromatic N) is 2. The van der Waals surface area contributed by atoms with Gasteiger partial charge in [0.05, 0.1) is 30.0 Å². The van der Waals surface area contributed by atoms with Gasteiger partial charge in [0.1, 0.15) is 12.0 Å². The molecular weight excluding hydrogens is 422 g/mol. The van der Waals surface area contributed by atoms with Gasteiger partial charge in [-0.3, -0.25) is 0 Å². The van der Waals surface area contributed by atoms with Crippen LogP contribution in [-0.4, -0.2) is 35.1 Å². The molecule has 0 atom stereocenters. The zero-order valence-electron chi connectivity index (χ0n) is 18.8. The Bertz CT molecular complexity index is 1120. The quantitative estimate of drug-likeness (QED) is 0.403. The van der Waals surface area contributed by atoms with Gasteiger partial charge in [-0.2, -0.15) is 0 Å². The molecular formula is C24H27N5O4. The molecule has 0 amide bonds. The van der Waals surface area contributed by atoms with Crippen molar-refractivity contribution >= 4 is 40.6 Å². The molecule has 9 nitrogen and oxygen atoms in total. The molecule has 3 aromatic rings. The first-order valence-electron chi connectivity index (χ1n) is 10.6. The Balaban J connectivity index is 1.75. The summed E-state index contributed by atoms with van der Waals surface area (Å²) in [5, 5.41) is 6.19. The van der Waals surface area contributed by atoms with E-state index in [-0.39, 0.29) is 24.2 Å². The SMILES string of the molecule is CCOC(=O)c1ccccc1Nc1ncnc(Nc2ccc(C(=O)OCC(C)C)cc2)c1N. The number of carbonyl (C=O) groups is 2. The normalized spacial score (nSPS) is 10.5. The highest BCUT2D eigenvalue weighted by Crippen LogP contribution is 2.29. The fourth-order valence-corrected chi connectivity index (χ4v) is 2.85. The van der Waals surface area contributed by atoms with Crippen LogP contribution in [0.2, 0.25) is 0 Å². The molecule has 1 aromatic heterocycles. The molecule has 0 radical (unpaired) electrons. The second kappa shape index (κ2) is 10.9. The van der Waals surface area contributed by atoms with E-state index in [0.717, 1.165) is 0 Å². The molecule has 0 aliphatic carbocycles. The fourth-order valence-electron chi connectivity index (χ4n) is 2.85. The Hall–Kier alpha value is -4.14. The third-order valence-electron chi connectivity index (χ3n) is 4.49. The van der Waals surface area contributed by atoms with Crippen LogP contribution in [0.25, 0.3) is 0 Å². The first kappa shape index (κ1) is 23.5. The van der Waals surface area contributed by atoms with Crippen LogP contribution in [0.15, 0.2) is 54.9 Å². The summed E-state index contributed by atoms with van der Waals surface area (Å²) in [6.07, 6.45) is 1.35. The number of aromatic nitrogens is 2. The minimum Gasteiger partial charge on any atom is -0.462 e. The number of anilines is 5. The van der Waals surface area contributed by atoms with Crippen molar-refractivity contribution in [3.8, 4) is 0 Å². The molecule has 0 spiro atoms. The second-order valence-electron chi connectivity index (χ2n) is 7.57. The van der Waals surface area contributed by atoms with Crippen molar-refractivity contribution in [3.63, 3.8) is 0 Å². The first-order chi connectivity index (χ1) is 15.9. The number of nitrogen functional groups attached to an aromatic ring is 1. The molecule has 172 valence electrons. The van der Waals surface area contributed by atoms with Crippen molar-refractivity contribution < 1.29 is 19.1 Å². The van der Waals surface area contributed by atoms with Crippen LogP contribution in [0, 0.1) is 5.92 Å². The van der Waals surface area contributed by atoms with Crippen LogP contribution in [0.3, 0.4) is 0 Å². The molecule has 0 bridgehead atoms. The molecule has 0 aliphatic heterocycles. The van der Waals surface area contributed by atoms with E-state index in [2.05, 4.69) is 20.6 Å². The summed E-state index contributed by atoms with van der Waals surface area (Å²) < 4.78 is 10.3. The maximum Gasteiger partial charge on any atom is 0.340 e. The topological polar surface area (TPSA) is 128 Å². The first-order valence-corrected chi connectivity index (χ1v) is 10.6. The lowest BCUT2D eigenvalue weighted by Crippen LogP contribution is -2.10. The smallest absolute Gasteiger partial charge is 0.340 e. The van der Waals surface area contributed by atoms with E-state index in [1.807, 2.05) is 13.8 Å². The van der Waals surface area contributed by atoms with Gasteiger partial charge >= 0.3 is 11.9 Å². The molecule has 9 heteroatoms. The largest absolute Gasteiger partial charge is 0.462 e. The third kappa shape index (κ3) is 6.19. The van der Waals surface area contributed by atoms with Crippen LogP contribution in [-0.2, 0) is 9.47 Å². The van der Waals surface area contributed by atoms with Gasteiger partial charge in [0.2, 0.25) is 0 Å². The Morgan fingerprint density at radius 3 is 2.27 bits per heavy atom. The van der Waals surface area contributed by atoms with Crippen molar-refractivity contribution in [2.24, 2.45) is 5.92 Å². The van der Waals surface area contributed by atoms with Gasteiger partial charge < -0.3 is 25.8 Å². The summed E-state index contributed by atoms with van der Waals surface area (Å²) in [4.78, 5) is 32.7. The Morgan fingerprint density at radius 1 is 0.939 bits per heavy atom. The average Bonchev–Trinajstić information content (AvgIpc) is 2.81. The highest BCUT2D eigenvalue weighted by molar-refractivity contribution is 5.97. The highest BCUT2D eigenvalue weighted by atomic mass is 16.5. The lowest BCUT2D eigenvalue weighted by atomic mass is 10.1. The number of hydrogen-bond acceptors (Lipinski definition) is 9. The fraction of sp³-hybridized carbons (Fsp3) is 0.250. The Labute approximate surface area is 192 Å². The number of para-hydroxylation sites is 1. The van der Waals surface area contributed by atoms with Crippen LogP contribution < -0.4 is 16.4 Å². The van der Waals surface area contributed by atoms with Crippen LogP contribution in [0.5, 0.6) is 0 Å². The van der Waals surface area contributed by atoms with Crippen LogP contribution in [0.4, 0.5) is 28.7 Å². The van der Waals surface area contributed by atoms with Gasteiger partial charge in [-0.1, -0.05) is 26.0 Å². The molecule has 0 aliphatic rings. The van der Waals surface area contributed by atoms with E-state index in [1.54, 1.807) is 55.5 Å². The summed E-state index contributed by atoms with van der Waals surface area (Å²) in [5.41, 5.74) is 8.54. The Morgan fingerprint density at radius 2 is 1.61 bits per heavy atom. The monoisotopic (exact) mass is 449 g/mol. The van der Waals surface area contributed by atoms with E-state index >= 15 is 0 Å². The number of carbonyl (C=O) groups excluding carboxylic acids is 2. The number of nitrogens with two attached hydrogens (primary N) is 1. The van der Waals surface area contributed by atoms with Crippen molar-refractivity contribution in [3.05, 3.63) is 66.0 Å². The third-order valence-corrected chi connectivity index (χ3v) is 4.49. The summed E-state index contributed by atoms with van der Waals surface area (Å²) in [5.74, 6) is 0.152. The van der Waals surface area contributed by atoms with Gasteiger partial charge in [-0.15, -0.1) is 0 Å². The van der Waals surface area contributed by atoms with E-state index in [0.29, 0.717) is 40.7 Å². The number of benzene rings is 2. The molecule has 0 saturated carbocycles. The maximum atomic E-state index is 12.2. The Kier molecular flexibility index (Phi) is 7.80. The molecule has 0 fully saturated rings. The average molecular weight is 450 g/mol. The molecule has 3 rings (SSSR count). The van der Waals surface area contributed by atoms with Crippen LogP contribution >= 0.6 is 0 Å². The lowest BCUT2D eigenvalue weighted by molar-refractivity contribution is 0.0458. The highest BCUT2D eigenvalue weighted by Gasteiger charge is 2.15. The van der Waals surface area contributed by atoms with Gasteiger partial charge in [-0.05, 0) is 49.2 Å². The molecule has 0 saturated heterocycles. The summed E-state index contributed by atoms with van der Waals surface area (Å²) in [7, 11) is 0. The van der Waals surface area contributed by atoms with Crippen molar-refractivity contribution in [1.82, 2.24) is 9.97 Å². The summed E-state index contributed by atoms with van der Waals surface area (Å²) in [6.45, 7) is 6.34. The maximum absolute atomic E-state index is 12.2. The minimum atomic E-state index is -0.446. The van der Waals surface area contributed by atoms with E-state index < -0.39 is 5.97 Å². The summed E-state index contributed by atoms with van der Waals surface area (Å²) in [6, 6.07) is 13.7. The van der Waals surface area contributed by atoms with Crippen molar-refractivity contribution in [1.29, 1.82) is 0 Å². The van der Waals surface area contributed by atoms with E-state index in [4.69, 9.17) is 15.2 Å². The van der Waals surface area contributed by atoms with Gasteiger partial charge in [0, 0.05) is 5.69 Å². The van der Waals surface area contributed by atoms with Crippen LogP contribution in [0.1, 0.15) is 41.5 Å². The number of nitrogens with one attached hydrogen (secondary N) is 2. The lowest BCUT2D eigenvalue weighted by Gasteiger charge is -2.14. The predicted molar refractivity (Wildman–Crippen MR) is 127 cm³/mol. The standard InChI is InChI=1S/C24H27N5O4/c1-4-32-24(31)18-7-5-6-8-19(18)29-22-20(25)21(26-14-27-22)28-17-11-9-16(10-12-17)23(30)33-13-15(2)3/h5-12,14-15H,4,13,25H2,1-3H3,(H2,26,27,28,29). The molecule has 4 N–H and O–H groups in total. The van der Waals surface area contributed by atoms with E-state index in [1.165, 1.54) is 6.33 Å². The molecule has 1 heterocycles. The van der Waals surface area contributed by atoms with Crippen molar-refractivity contribution in [2.75, 3.05) is 29.6 Å². The number of rotatable bonds is 9. The number of esters is 2. The molecule has 0 unspecified atom stereocenters. The minimum absolute atomic E-state index is 0.261. The molecule has 2 aromatic carbocycles. The van der Waals surface area contributed by atoms with Gasteiger partial charge in [-0.25, -0.2) is 19.6 Å². The number of hydrogen-bond donors (Lipinski definition) is 3. The zero-order chi connectivity index (χ0) is 23.8. The summed E-state index contributed by atoms with van der Waals surface area (Å²) >= 11 is 0. The van der Waals surface area contributed by atoms with E-state index in [9.17, 15) is 9.59 Å².